The van der Waals surface area contributed by atoms with Gasteiger partial charge in [-0.2, -0.15) is 4.31 Å². The van der Waals surface area contributed by atoms with Crippen LogP contribution in [0.2, 0.25) is 0 Å². The largest absolute Gasteiger partial charge is 0.506 e. The lowest BCUT2D eigenvalue weighted by atomic mass is 10.0. The van der Waals surface area contributed by atoms with Crippen LogP contribution in [-0.4, -0.2) is 36.7 Å². The van der Waals surface area contributed by atoms with E-state index in [9.17, 15) is 18.3 Å². The molecular formula is C15H19NO4S. The molecule has 0 saturated carbocycles. The first kappa shape index (κ1) is 14.5. The maximum atomic E-state index is 12.7. The van der Waals surface area contributed by atoms with Crippen molar-refractivity contribution in [3.63, 3.8) is 0 Å². The minimum Gasteiger partial charge on any atom is -0.506 e. The van der Waals surface area contributed by atoms with Crippen LogP contribution in [0.3, 0.4) is 0 Å². The van der Waals surface area contributed by atoms with Gasteiger partial charge in [0, 0.05) is 19.5 Å². The van der Waals surface area contributed by atoms with Crippen molar-refractivity contribution in [3.05, 3.63) is 22.8 Å². The molecule has 0 spiro atoms. The van der Waals surface area contributed by atoms with Crippen molar-refractivity contribution in [2.75, 3.05) is 13.1 Å². The molecule has 1 saturated heterocycles. The second kappa shape index (κ2) is 5.10. The molecule has 1 aliphatic heterocycles. The van der Waals surface area contributed by atoms with E-state index >= 15 is 0 Å². The normalized spacial score (nSPS) is 19.8. The van der Waals surface area contributed by atoms with Crippen molar-refractivity contribution in [3.8, 4) is 5.75 Å². The predicted molar refractivity (Wildman–Crippen MR) is 78.1 cm³/mol. The lowest BCUT2D eigenvalue weighted by Crippen LogP contribution is -2.35. The number of rotatable bonds is 2. The number of benzene rings is 1. The number of aryl methyl sites for hydroxylation is 1. The SMILES string of the molecule is Cc1cc(S(=O)(=O)N2CCCCC2)c(O)c2c1CCC2=O. The molecular weight excluding hydrogens is 290 g/mol. The number of aromatic hydroxyl groups is 1. The van der Waals surface area contributed by atoms with Crippen molar-refractivity contribution >= 4 is 15.8 Å². The number of hydrogen-bond donors (Lipinski definition) is 1. The zero-order valence-electron chi connectivity index (χ0n) is 12.1. The van der Waals surface area contributed by atoms with E-state index in [4.69, 9.17) is 0 Å². The van der Waals surface area contributed by atoms with E-state index in [1.54, 1.807) is 6.92 Å². The van der Waals surface area contributed by atoms with E-state index in [1.165, 1.54) is 10.4 Å². The molecule has 0 aromatic heterocycles. The van der Waals surface area contributed by atoms with Crippen molar-refractivity contribution in [2.45, 2.75) is 43.9 Å². The van der Waals surface area contributed by atoms with Gasteiger partial charge < -0.3 is 5.11 Å². The molecule has 0 radical (unpaired) electrons. The van der Waals surface area contributed by atoms with E-state index in [1.807, 2.05) is 0 Å². The molecule has 6 heteroatoms. The molecule has 1 aromatic carbocycles. The number of fused-ring (bicyclic) bond motifs is 1. The fourth-order valence-corrected chi connectivity index (χ4v) is 4.93. The number of carbonyl (C=O) groups is 1. The Morgan fingerprint density at radius 2 is 1.81 bits per heavy atom. The average molecular weight is 309 g/mol. The number of nitrogens with zero attached hydrogens (tertiary/aromatic N) is 1. The molecule has 3 rings (SSSR count). The fraction of sp³-hybridized carbons (Fsp3) is 0.533. The third kappa shape index (κ3) is 2.26. The van der Waals surface area contributed by atoms with Crippen LogP contribution in [0.15, 0.2) is 11.0 Å². The van der Waals surface area contributed by atoms with Gasteiger partial charge in [-0.15, -0.1) is 0 Å². The number of phenols is 1. The minimum absolute atomic E-state index is 0.115. The van der Waals surface area contributed by atoms with Gasteiger partial charge in [0.2, 0.25) is 10.0 Å². The quantitative estimate of drug-likeness (QED) is 0.907. The summed E-state index contributed by atoms with van der Waals surface area (Å²) in [6.07, 6.45) is 3.62. The number of piperidine rings is 1. The van der Waals surface area contributed by atoms with Gasteiger partial charge >= 0.3 is 0 Å². The maximum Gasteiger partial charge on any atom is 0.246 e. The van der Waals surface area contributed by atoms with E-state index in [0.717, 1.165) is 30.4 Å². The monoisotopic (exact) mass is 309 g/mol. The molecule has 0 bridgehead atoms. The topological polar surface area (TPSA) is 74.7 Å². The summed E-state index contributed by atoms with van der Waals surface area (Å²) in [6, 6.07) is 1.51. The van der Waals surface area contributed by atoms with E-state index in [2.05, 4.69) is 0 Å². The third-order valence-corrected chi connectivity index (χ3v) is 6.32. The number of ketones is 1. The zero-order valence-corrected chi connectivity index (χ0v) is 12.9. The molecule has 2 aliphatic rings. The van der Waals surface area contributed by atoms with Gasteiger partial charge in [0.15, 0.2) is 5.78 Å². The Hall–Kier alpha value is -1.40. The fourth-order valence-electron chi connectivity index (χ4n) is 3.24. The number of Topliss-reactive ketones (excluding diaryl/α,β-unsaturated/α-hetero) is 1. The highest BCUT2D eigenvalue weighted by atomic mass is 32.2. The number of sulfonamides is 1. The second-order valence-corrected chi connectivity index (χ2v) is 7.69. The Bertz CT molecular complexity index is 703. The van der Waals surface area contributed by atoms with Crippen LogP contribution in [0.4, 0.5) is 0 Å². The van der Waals surface area contributed by atoms with Gasteiger partial charge in [0.25, 0.3) is 0 Å². The van der Waals surface area contributed by atoms with E-state index in [-0.39, 0.29) is 22.0 Å². The first-order chi connectivity index (χ1) is 9.93. The van der Waals surface area contributed by atoms with Crippen LogP contribution in [0, 0.1) is 6.92 Å². The Kier molecular flexibility index (Phi) is 3.53. The highest BCUT2D eigenvalue weighted by Crippen LogP contribution is 2.38. The molecule has 0 atom stereocenters. The minimum atomic E-state index is -3.73. The van der Waals surface area contributed by atoms with Crippen LogP contribution in [0.5, 0.6) is 5.75 Å². The molecule has 114 valence electrons. The zero-order chi connectivity index (χ0) is 15.2. The summed E-state index contributed by atoms with van der Waals surface area (Å²) in [7, 11) is -3.73. The predicted octanol–water partition coefficient (Wildman–Crippen LogP) is 2.00. The highest BCUT2D eigenvalue weighted by Gasteiger charge is 2.34. The smallest absolute Gasteiger partial charge is 0.246 e. The van der Waals surface area contributed by atoms with Gasteiger partial charge in [-0.3, -0.25) is 4.79 Å². The van der Waals surface area contributed by atoms with E-state index in [0.29, 0.717) is 25.9 Å². The van der Waals surface area contributed by atoms with Crippen molar-refractivity contribution < 1.29 is 18.3 Å². The lowest BCUT2D eigenvalue weighted by Gasteiger charge is -2.26. The Morgan fingerprint density at radius 1 is 1.14 bits per heavy atom. The van der Waals surface area contributed by atoms with Crippen molar-refractivity contribution in [1.29, 1.82) is 0 Å². The van der Waals surface area contributed by atoms with Crippen molar-refractivity contribution in [1.82, 2.24) is 4.31 Å². The van der Waals surface area contributed by atoms with Crippen LogP contribution < -0.4 is 0 Å². The third-order valence-electron chi connectivity index (χ3n) is 4.41. The van der Waals surface area contributed by atoms with Crippen LogP contribution in [0.1, 0.15) is 47.2 Å². The summed E-state index contributed by atoms with van der Waals surface area (Å²) in [6.45, 7) is 2.75. The van der Waals surface area contributed by atoms with Crippen LogP contribution in [-0.2, 0) is 16.4 Å². The van der Waals surface area contributed by atoms with Gasteiger partial charge in [0.05, 0.1) is 5.56 Å². The second-order valence-electron chi connectivity index (χ2n) is 5.78. The summed E-state index contributed by atoms with van der Waals surface area (Å²) < 4.78 is 26.9. The summed E-state index contributed by atoms with van der Waals surface area (Å²) in [5.74, 6) is -0.523. The van der Waals surface area contributed by atoms with E-state index < -0.39 is 10.0 Å². The van der Waals surface area contributed by atoms with Crippen LogP contribution >= 0.6 is 0 Å². The Balaban J connectivity index is 2.13. The molecule has 0 amide bonds. The summed E-state index contributed by atoms with van der Waals surface area (Å²) >= 11 is 0. The molecule has 1 aliphatic carbocycles. The molecule has 0 unspecified atom stereocenters. The number of hydrogen-bond acceptors (Lipinski definition) is 4. The highest BCUT2D eigenvalue weighted by molar-refractivity contribution is 7.89. The summed E-state index contributed by atoms with van der Waals surface area (Å²) in [5.41, 5.74) is 1.77. The molecule has 5 nitrogen and oxygen atoms in total. The maximum absolute atomic E-state index is 12.7. The van der Waals surface area contributed by atoms with Gasteiger partial charge in [-0.25, -0.2) is 8.42 Å². The molecule has 21 heavy (non-hydrogen) atoms. The Labute approximate surface area is 124 Å². The molecule has 1 aromatic rings. The average Bonchev–Trinajstić information content (AvgIpc) is 2.86. The van der Waals surface area contributed by atoms with Gasteiger partial charge in [0.1, 0.15) is 10.6 Å². The first-order valence-corrected chi connectivity index (χ1v) is 8.75. The lowest BCUT2D eigenvalue weighted by molar-refractivity contribution is 0.0992. The summed E-state index contributed by atoms with van der Waals surface area (Å²) in [4.78, 5) is 11.8. The first-order valence-electron chi connectivity index (χ1n) is 7.31. The van der Waals surface area contributed by atoms with Crippen LogP contribution in [0.25, 0.3) is 0 Å². The number of phenolic OH excluding ortho intramolecular Hbond substituents is 1. The Morgan fingerprint density at radius 3 is 2.48 bits per heavy atom. The van der Waals surface area contributed by atoms with Gasteiger partial charge in [-0.1, -0.05) is 6.42 Å². The number of carbonyl (C=O) groups excluding carboxylic acids is 1. The standard InChI is InChI=1S/C15H19NO4S/c1-10-9-13(15(18)14-11(10)5-6-12(14)17)21(19,20)16-7-3-2-4-8-16/h9,18H,2-8H2,1H3. The molecule has 1 heterocycles. The molecule has 1 fully saturated rings. The molecule has 1 N–H and O–H groups in total. The van der Waals surface area contributed by atoms with Crippen molar-refractivity contribution in [2.24, 2.45) is 0 Å². The van der Waals surface area contributed by atoms with Gasteiger partial charge in [-0.05, 0) is 43.4 Å². The summed E-state index contributed by atoms with van der Waals surface area (Å²) in [5, 5.41) is 10.3.